The monoisotopic (exact) mass is 326 g/mol. The Morgan fingerprint density at radius 2 is 2.12 bits per heavy atom. The van der Waals surface area contributed by atoms with Crippen molar-refractivity contribution in [3.05, 3.63) is 41.6 Å². The van der Waals surface area contributed by atoms with Crippen molar-refractivity contribution in [1.29, 1.82) is 0 Å². The fraction of sp³-hybridized carbons (Fsp3) is 0.333. The second kappa shape index (κ2) is 5.78. The van der Waals surface area contributed by atoms with Gasteiger partial charge in [0.15, 0.2) is 0 Å². The number of aryl methyl sites for hydroxylation is 2. The molecule has 0 aliphatic heterocycles. The highest BCUT2D eigenvalue weighted by Gasteiger charge is 2.21. The Bertz CT molecular complexity index is 903. The van der Waals surface area contributed by atoms with Crippen LogP contribution in [-0.4, -0.2) is 21.1 Å². The van der Waals surface area contributed by atoms with E-state index >= 15 is 0 Å². The van der Waals surface area contributed by atoms with E-state index in [0.29, 0.717) is 11.4 Å². The third-order valence-corrected chi connectivity index (χ3v) is 4.20. The molecule has 3 aromatic rings. The summed E-state index contributed by atoms with van der Waals surface area (Å²) >= 11 is 0. The van der Waals surface area contributed by atoms with Gasteiger partial charge in [0.05, 0.1) is 17.2 Å². The summed E-state index contributed by atoms with van der Waals surface area (Å²) in [4.78, 5) is 12.1. The minimum Gasteiger partial charge on any atom is -0.489 e. The number of fused-ring (bicyclic) bond motifs is 3. The summed E-state index contributed by atoms with van der Waals surface area (Å²) in [7, 11) is 0. The lowest BCUT2D eigenvalue weighted by Gasteiger charge is -2.16. The van der Waals surface area contributed by atoms with Crippen molar-refractivity contribution in [1.82, 2.24) is 15.0 Å². The molecular formula is C18H19FN4O. The van der Waals surface area contributed by atoms with Crippen LogP contribution in [0.5, 0.6) is 5.75 Å². The van der Waals surface area contributed by atoms with Gasteiger partial charge in [0.2, 0.25) is 0 Å². The molecule has 1 aliphatic rings. The molecule has 5 nitrogen and oxygen atoms in total. The number of rotatable bonds is 4. The summed E-state index contributed by atoms with van der Waals surface area (Å²) in [6.07, 6.45) is 4.70. The molecule has 0 saturated carbocycles. The summed E-state index contributed by atoms with van der Waals surface area (Å²) in [5.41, 5.74) is 4.05. The van der Waals surface area contributed by atoms with E-state index in [1.54, 1.807) is 6.07 Å². The molecule has 0 unspecified atom stereocenters. The van der Waals surface area contributed by atoms with Crippen LogP contribution < -0.4 is 10.1 Å². The van der Waals surface area contributed by atoms with Gasteiger partial charge in [0.25, 0.3) is 0 Å². The van der Waals surface area contributed by atoms with E-state index in [1.165, 1.54) is 29.7 Å². The zero-order chi connectivity index (χ0) is 16.7. The van der Waals surface area contributed by atoms with Gasteiger partial charge < -0.3 is 15.0 Å². The molecule has 124 valence electrons. The standard InChI is InChI=1S/C18H19FN4O/c1-10(2)24-15-8-11(19)6-7-14(15)23-18-16-12-4-3-5-13(12)22-17(16)20-9-21-18/h6-10H,3-5H2,1-2H3,(H2,20,21,22,23). The van der Waals surface area contributed by atoms with Crippen molar-refractivity contribution in [2.24, 2.45) is 0 Å². The molecule has 6 heteroatoms. The van der Waals surface area contributed by atoms with Gasteiger partial charge in [-0.15, -0.1) is 0 Å². The van der Waals surface area contributed by atoms with Crippen LogP contribution in [0.2, 0.25) is 0 Å². The maximum Gasteiger partial charge on any atom is 0.146 e. The van der Waals surface area contributed by atoms with Crippen molar-refractivity contribution < 1.29 is 9.13 Å². The molecule has 0 radical (unpaired) electrons. The van der Waals surface area contributed by atoms with E-state index in [2.05, 4.69) is 20.3 Å². The Hall–Kier alpha value is -2.63. The Morgan fingerprint density at radius 1 is 1.25 bits per heavy atom. The largest absolute Gasteiger partial charge is 0.489 e. The highest BCUT2D eigenvalue weighted by molar-refractivity contribution is 5.93. The van der Waals surface area contributed by atoms with Gasteiger partial charge in [-0.05, 0) is 50.8 Å². The van der Waals surface area contributed by atoms with E-state index < -0.39 is 0 Å². The predicted octanol–water partition coefficient (Wildman–Crippen LogP) is 4.12. The van der Waals surface area contributed by atoms with Gasteiger partial charge in [0, 0.05) is 11.8 Å². The number of nitrogens with zero attached hydrogens (tertiary/aromatic N) is 2. The van der Waals surface area contributed by atoms with Gasteiger partial charge >= 0.3 is 0 Å². The molecule has 0 fully saturated rings. The Morgan fingerprint density at radius 3 is 2.96 bits per heavy atom. The first-order valence-corrected chi connectivity index (χ1v) is 8.19. The van der Waals surface area contributed by atoms with Crippen molar-refractivity contribution in [3.8, 4) is 5.75 Å². The topological polar surface area (TPSA) is 62.8 Å². The van der Waals surface area contributed by atoms with Crippen LogP contribution in [0.25, 0.3) is 11.0 Å². The minimum atomic E-state index is -0.327. The summed E-state index contributed by atoms with van der Waals surface area (Å²) in [5.74, 6) is 0.870. The maximum atomic E-state index is 13.6. The second-order valence-corrected chi connectivity index (χ2v) is 6.31. The second-order valence-electron chi connectivity index (χ2n) is 6.31. The minimum absolute atomic E-state index is 0.0470. The lowest BCUT2D eigenvalue weighted by Crippen LogP contribution is -2.08. The number of aromatic amines is 1. The SMILES string of the molecule is CC(C)Oc1cc(F)ccc1Nc1ncnc2[nH]c3c(c12)CCC3. The first-order valence-electron chi connectivity index (χ1n) is 8.19. The predicted molar refractivity (Wildman–Crippen MR) is 91.4 cm³/mol. The molecular weight excluding hydrogens is 307 g/mol. The van der Waals surface area contributed by atoms with Crippen LogP contribution in [0.1, 0.15) is 31.5 Å². The quantitative estimate of drug-likeness (QED) is 0.757. The molecule has 2 N–H and O–H groups in total. The van der Waals surface area contributed by atoms with Crippen molar-refractivity contribution in [2.45, 2.75) is 39.2 Å². The van der Waals surface area contributed by atoms with Gasteiger partial charge in [-0.1, -0.05) is 0 Å². The Balaban J connectivity index is 1.78. The van der Waals surface area contributed by atoms with Crippen molar-refractivity contribution in [3.63, 3.8) is 0 Å². The van der Waals surface area contributed by atoms with Gasteiger partial charge in [0.1, 0.15) is 29.4 Å². The first kappa shape index (κ1) is 14.9. The molecule has 0 bridgehead atoms. The van der Waals surface area contributed by atoms with Crippen LogP contribution in [0.3, 0.4) is 0 Å². The van der Waals surface area contributed by atoms with Crippen LogP contribution in [0.15, 0.2) is 24.5 Å². The number of ether oxygens (including phenoxy) is 1. The lowest BCUT2D eigenvalue weighted by molar-refractivity contribution is 0.243. The van der Waals surface area contributed by atoms with E-state index in [0.717, 1.165) is 36.1 Å². The summed E-state index contributed by atoms with van der Waals surface area (Å²) in [5, 5.41) is 4.32. The van der Waals surface area contributed by atoms with E-state index in [4.69, 9.17) is 4.74 Å². The average molecular weight is 326 g/mol. The molecule has 2 heterocycles. The van der Waals surface area contributed by atoms with Crippen molar-refractivity contribution >= 4 is 22.5 Å². The normalized spacial score (nSPS) is 13.5. The smallest absolute Gasteiger partial charge is 0.146 e. The number of aromatic nitrogens is 3. The molecule has 1 aromatic carbocycles. The molecule has 4 rings (SSSR count). The number of nitrogens with one attached hydrogen (secondary N) is 2. The van der Waals surface area contributed by atoms with Gasteiger partial charge in [-0.3, -0.25) is 0 Å². The molecule has 0 amide bonds. The molecule has 0 atom stereocenters. The van der Waals surface area contributed by atoms with Crippen LogP contribution >= 0.6 is 0 Å². The molecule has 1 aliphatic carbocycles. The Kier molecular flexibility index (Phi) is 3.59. The fourth-order valence-electron chi connectivity index (χ4n) is 3.24. The number of benzene rings is 1. The van der Waals surface area contributed by atoms with Crippen LogP contribution in [-0.2, 0) is 12.8 Å². The number of H-pyrrole nitrogens is 1. The zero-order valence-corrected chi connectivity index (χ0v) is 13.7. The number of hydrogen-bond donors (Lipinski definition) is 2. The third-order valence-electron chi connectivity index (χ3n) is 4.20. The van der Waals surface area contributed by atoms with Crippen LogP contribution in [0.4, 0.5) is 15.9 Å². The molecule has 24 heavy (non-hydrogen) atoms. The van der Waals surface area contributed by atoms with E-state index in [-0.39, 0.29) is 11.9 Å². The van der Waals surface area contributed by atoms with Gasteiger partial charge in [-0.2, -0.15) is 0 Å². The molecule has 2 aromatic heterocycles. The third kappa shape index (κ3) is 2.58. The summed E-state index contributed by atoms with van der Waals surface area (Å²) in [6, 6.07) is 4.48. The number of anilines is 2. The number of hydrogen-bond acceptors (Lipinski definition) is 4. The number of halogens is 1. The highest BCUT2D eigenvalue weighted by atomic mass is 19.1. The van der Waals surface area contributed by atoms with Crippen molar-refractivity contribution in [2.75, 3.05) is 5.32 Å². The van der Waals surface area contributed by atoms with E-state index in [1.807, 2.05) is 13.8 Å². The summed E-state index contributed by atoms with van der Waals surface area (Å²) < 4.78 is 19.3. The molecule has 0 saturated heterocycles. The average Bonchev–Trinajstić information content (AvgIpc) is 3.10. The maximum absolute atomic E-state index is 13.6. The van der Waals surface area contributed by atoms with Gasteiger partial charge in [-0.25, -0.2) is 14.4 Å². The first-order chi connectivity index (χ1) is 11.6. The highest BCUT2D eigenvalue weighted by Crippen LogP contribution is 2.36. The summed E-state index contributed by atoms with van der Waals surface area (Å²) in [6.45, 7) is 3.83. The lowest BCUT2D eigenvalue weighted by atomic mass is 10.2. The van der Waals surface area contributed by atoms with Crippen LogP contribution in [0, 0.1) is 5.82 Å². The molecule has 0 spiro atoms. The zero-order valence-electron chi connectivity index (χ0n) is 13.7. The van der Waals surface area contributed by atoms with E-state index in [9.17, 15) is 4.39 Å². The fourth-order valence-corrected chi connectivity index (χ4v) is 3.24. The Labute approximate surface area is 139 Å².